The predicted molar refractivity (Wildman–Crippen MR) is 124 cm³/mol. The Kier molecular flexibility index (Phi) is 5.71. The van der Waals surface area contributed by atoms with Gasteiger partial charge in [0.2, 0.25) is 0 Å². The minimum absolute atomic E-state index is 0.00800. The maximum absolute atomic E-state index is 12.8. The third-order valence-corrected chi connectivity index (χ3v) is 6.40. The van der Waals surface area contributed by atoms with Gasteiger partial charge in [-0.2, -0.15) is 0 Å². The number of fused-ring (bicyclic) bond motifs is 2. The molecule has 4 atom stereocenters. The van der Waals surface area contributed by atoms with E-state index < -0.39 is 12.1 Å². The van der Waals surface area contributed by atoms with Crippen molar-refractivity contribution in [3.05, 3.63) is 75.0 Å². The van der Waals surface area contributed by atoms with Gasteiger partial charge in [-0.3, -0.25) is 4.79 Å². The third kappa shape index (κ3) is 4.28. The van der Waals surface area contributed by atoms with E-state index in [1.807, 2.05) is 62.4 Å². The Hall–Kier alpha value is -2.39. The smallest absolute Gasteiger partial charge is 0.277 e. The van der Waals surface area contributed by atoms with E-state index in [0.29, 0.717) is 23.9 Å². The van der Waals surface area contributed by atoms with Gasteiger partial charge in [0.15, 0.2) is 12.1 Å². The highest BCUT2D eigenvalue weighted by Gasteiger charge is 2.53. The van der Waals surface area contributed by atoms with E-state index in [4.69, 9.17) is 14.2 Å². The Morgan fingerprint density at radius 2 is 1.91 bits per heavy atom. The van der Waals surface area contributed by atoms with Crippen molar-refractivity contribution in [2.24, 2.45) is 5.92 Å². The van der Waals surface area contributed by atoms with Gasteiger partial charge in [-0.05, 0) is 50.1 Å². The fraction of sp³-hybridized carbons (Fsp3) is 0.375. The van der Waals surface area contributed by atoms with Gasteiger partial charge in [0.25, 0.3) is 5.56 Å². The van der Waals surface area contributed by atoms with Gasteiger partial charge in [0, 0.05) is 16.9 Å². The molecule has 0 amide bonds. The molecule has 5 rings (SSSR count). The monoisotopic (exact) mass is 497 g/mol. The second-order valence-corrected chi connectivity index (χ2v) is 9.48. The number of ether oxygens (including phenoxy) is 3. The molecule has 0 spiro atoms. The van der Waals surface area contributed by atoms with Crippen molar-refractivity contribution < 1.29 is 14.2 Å². The van der Waals surface area contributed by atoms with Crippen LogP contribution < -0.4 is 5.56 Å². The number of hydrogen-bond acceptors (Lipinski definition) is 6. The van der Waals surface area contributed by atoms with Crippen LogP contribution in [0, 0.1) is 5.92 Å². The summed E-state index contributed by atoms with van der Waals surface area (Å²) in [4.78, 5) is 12.8. The Labute approximate surface area is 194 Å². The van der Waals surface area contributed by atoms with Gasteiger partial charge in [-0.25, -0.2) is 4.68 Å². The molecule has 0 saturated carbocycles. The molecule has 0 aliphatic carbocycles. The summed E-state index contributed by atoms with van der Waals surface area (Å²) in [5, 5.41) is 8.88. The van der Waals surface area contributed by atoms with Gasteiger partial charge in [0.1, 0.15) is 11.6 Å². The molecule has 2 fully saturated rings. The summed E-state index contributed by atoms with van der Waals surface area (Å²) in [6.07, 6.45) is 3.87. The molecule has 8 heteroatoms. The maximum atomic E-state index is 12.8. The van der Waals surface area contributed by atoms with Crippen molar-refractivity contribution in [1.29, 1.82) is 0 Å². The van der Waals surface area contributed by atoms with E-state index in [1.165, 1.54) is 4.68 Å². The first kappa shape index (κ1) is 21.5. The number of aryl methyl sites for hydroxylation is 1. The van der Waals surface area contributed by atoms with E-state index in [9.17, 15) is 4.79 Å². The lowest BCUT2D eigenvalue weighted by Gasteiger charge is -2.24. The number of aromatic nitrogens is 3. The second kappa shape index (κ2) is 8.51. The van der Waals surface area contributed by atoms with E-state index in [-0.39, 0.29) is 23.7 Å². The minimum Gasteiger partial charge on any atom is -0.342 e. The molecule has 0 bridgehead atoms. The number of rotatable bonds is 5. The highest BCUT2D eigenvalue weighted by atomic mass is 79.9. The fourth-order valence-corrected chi connectivity index (χ4v) is 4.60. The molecular formula is C24H24BrN3O4. The first-order valence-electron chi connectivity index (χ1n) is 10.7. The van der Waals surface area contributed by atoms with Crippen LogP contribution in [0.2, 0.25) is 0 Å². The fourth-order valence-electron chi connectivity index (χ4n) is 4.33. The summed E-state index contributed by atoms with van der Waals surface area (Å²) in [6.45, 7) is 4.19. The average molecular weight is 498 g/mol. The molecule has 0 unspecified atom stereocenters. The molecular weight excluding hydrogens is 474 g/mol. The molecule has 3 aromatic rings. The van der Waals surface area contributed by atoms with Crippen LogP contribution in [0.25, 0.3) is 17.0 Å². The summed E-state index contributed by atoms with van der Waals surface area (Å²) in [6, 6.07) is 15.3. The van der Waals surface area contributed by atoms with E-state index in [2.05, 4.69) is 26.2 Å². The Balaban J connectivity index is 1.37. The molecule has 1 aromatic heterocycles. The summed E-state index contributed by atoms with van der Waals surface area (Å²) in [5.41, 5.74) is 1.53. The second-order valence-electron chi connectivity index (χ2n) is 8.57. The maximum Gasteiger partial charge on any atom is 0.277 e. The van der Waals surface area contributed by atoms with Gasteiger partial charge in [0.05, 0.1) is 11.5 Å². The van der Waals surface area contributed by atoms with Crippen molar-refractivity contribution in [2.75, 3.05) is 0 Å². The Morgan fingerprint density at radius 1 is 1.12 bits per heavy atom. The summed E-state index contributed by atoms with van der Waals surface area (Å²) >= 11 is 3.46. The Bertz CT molecular complexity index is 1210. The van der Waals surface area contributed by atoms with Gasteiger partial charge in [-0.1, -0.05) is 57.6 Å². The highest BCUT2D eigenvalue weighted by molar-refractivity contribution is 9.10. The molecule has 2 aliphatic heterocycles. The van der Waals surface area contributed by atoms with Crippen molar-refractivity contribution in [3.63, 3.8) is 0 Å². The molecule has 2 saturated heterocycles. The lowest BCUT2D eigenvalue weighted by atomic mass is 9.94. The van der Waals surface area contributed by atoms with Crippen molar-refractivity contribution in [1.82, 2.24) is 15.0 Å². The lowest BCUT2D eigenvalue weighted by molar-refractivity contribution is -0.205. The number of halogens is 1. The molecule has 32 heavy (non-hydrogen) atoms. The first-order chi connectivity index (χ1) is 15.4. The zero-order chi connectivity index (χ0) is 22.3. The average Bonchev–Trinajstić information content (AvgIpc) is 3.24. The van der Waals surface area contributed by atoms with E-state index in [0.717, 1.165) is 10.0 Å². The van der Waals surface area contributed by atoms with Gasteiger partial charge >= 0.3 is 0 Å². The van der Waals surface area contributed by atoms with Crippen molar-refractivity contribution >= 4 is 32.9 Å². The van der Waals surface area contributed by atoms with E-state index in [1.54, 1.807) is 12.1 Å². The molecule has 7 nitrogen and oxygen atoms in total. The zero-order valence-electron chi connectivity index (χ0n) is 17.8. The largest absolute Gasteiger partial charge is 0.342 e. The van der Waals surface area contributed by atoms with Crippen LogP contribution in [0.4, 0.5) is 0 Å². The standard InChI is InChI=1S/C24H24BrN3O4/c1-24(2)31-21-18(13-14-28-22(29)17-5-3-4-6-19(17)26-27-28)20(30-23(21)32-24)12-9-15-7-10-16(25)11-8-15/h3-12,18,20-21,23H,13-14H2,1-2H3/t18-,20-,21-,23-/m0/s1. The quantitative estimate of drug-likeness (QED) is 0.526. The number of benzene rings is 2. The topological polar surface area (TPSA) is 75.5 Å². The molecule has 3 heterocycles. The van der Waals surface area contributed by atoms with Crippen LogP contribution in [0.1, 0.15) is 25.8 Å². The predicted octanol–water partition coefficient (Wildman–Crippen LogP) is 4.15. The number of hydrogen-bond donors (Lipinski definition) is 0. The molecule has 2 aromatic carbocycles. The highest BCUT2D eigenvalue weighted by Crippen LogP contribution is 2.42. The first-order valence-corrected chi connectivity index (χ1v) is 11.5. The third-order valence-electron chi connectivity index (χ3n) is 5.88. The SMILES string of the molecule is CC1(C)O[C@@H]2O[C@@H](C=Cc3ccc(Br)cc3)[C@H](CCn3nnc4ccccc4c3=O)[C@@H]2O1. The normalized spacial score (nSPS) is 26.7. The molecule has 166 valence electrons. The summed E-state index contributed by atoms with van der Waals surface area (Å²) in [7, 11) is 0. The van der Waals surface area contributed by atoms with Crippen LogP contribution in [-0.4, -0.2) is 39.3 Å². The van der Waals surface area contributed by atoms with Crippen molar-refractivity contribution in [3.8, 4) is 0 Å². The molecule has 2 aliphatic rings. The summed E-state index contributed by atoms with van der Waals surface area (Å²) in [5.74, 6) is -0.693. The van der Waals surface area contributed by atoms with Crippen molar-refractivity contribution in [2.45, 2.75) is 51.1 Å². The number of nitrogens with zero attached hydrogens (tertiary/aromatic N) is 3. The Morgan fingerprint density at radius 3 is 2.72 bits per heavy atom. The lowest BCUT2D eigenvalue weighted by Crippen LogP contribution is -2.32. The van der Waals surface area contributed by atoms with Crippen LogP contribution >= 0.6 is 15.9 Å². The van der Waals surface area contributed by atoms with Crippen LogP contribution in [0.15, 0.2) is 63.9 Å². The summed E-state index contributed by atoms with van der Waals surface area (Å²) < 4.78 is 20.8. The van der Waals surface area contributed by atoms with Crippen LogP contribution in [-0.2, 0) is 20.8 Å². The van der Waals surface area contributed by atoms with E-state index >= 15 is 0 Å². The van der Waals surface area contributed by atoms with Crippen LogP contribution in [0.3, 0.4) is 0 Å². The van der Waals surface area contributed by atoms with Crippen LogP contribution in [0.5, 0.6) is 0 Å². The molecule has 0 radical (unpaired) electrons. The van der Waals surface area contributed by atoms with Gasteiger partial charge in [-0.15, -0.1) is 5.10 Å². The zero-order valence-corrected chi connectivity index (χ0v) is 19.4. The molecule has 0 N–H and O–H groups in total. The van der Waals surface area contributed by atoms with Gasteiger partial charge < -0.3 is 14.2 Å². The minimum atomic E-state index is -0.701.